The fourth-order valence-electron chi connectivity index (χ4n) is 3.10. The number of esters is 4. The Balaban J connectivity index is 2.24. The molecule has 2 rings (SSSR count). The van der Waals surface area contributed by atoms with Crippen LogP contribution >= 0.6 is 0 Å². The molecule has 0 N–H and O–H groups in total. The summed E-state index contributed by atoms with van der Waals surface area (Å²) < 4.78 is 43.0. The molecule has 0 amide bonds. The van der Waals surface area contributed by atoms with Crippen LogP contribution in [0, 0.1) is 0 Å². The average molecular weight is 486 g/mol. The Morgan fingerprint density at radius 3 is 0.794 bits per heavy atom. The molecule has 2 aliphatic heterocycles. The zero-order valence-electron chi connectivity index (χ0n) is 20.7. The first-order chi connectivity index (χ1) is 15.8. The molecule has 12 nitrogen and oxygen atoms in total. The molecule has 2 fully saturated rings. The highest BCUT2D eigenvalue weighted by atomic mass is 16.7. The van der Waals surface area contributed by atoms with E-state index in [0.717, 1.165) is 0 Å². The van der Waals surface area contributed by atoms with Gasteiger partial charge in [-0.25, -0.2) is 19.2 Å². The van der Waals surface area contributed by atoms with Gasteiger partial charge in [-0.15, -0.1) is 0 Å². The molecule has 4 atom stereocenters. The van der Waals surface area contributed by atoms with Crippen LogP contribution in [0.15, 0.2) is 0 Å². The van der Waals surface area contributed by atoms with Crippen LogP contribution in [0.1, 0.15) is 55.4 Å². The van der Waals surface area contributed by atoms with Gasteiger partial charge in [0.05, 0.1) is 24.4 Å². The van der Waals surface area contributed by atoms with Crippen LogP contribution in [0.25, 0.3) is 0 Å². The van der Waals surface area contributed by atoms with Gasteiger partial charge in [-0.1, -0.05) is 0 Å². The Morgan fingerprint density at radius 2 is 0.647 bits per heavy atom. The van der Waals surface area contributed by atoms with Crippen LogP contribution in [0.4, 0.5) is 0 Å². The normalized spacial score (nSPS) is 24.8. The highest BCUT2D eigenvalue weighted by Gasteiger charge is 2.62. The molecule has 0 radical (unpaired) electrons. The quantitative estimate of drug-likeness (QED) is 0.253. The highest BCUT2D eigenvalue weighted by Crippen LogP contribution is 2.28. The maximum atomic E-state index is 12.5. The molecule has 0 aliphatic carbocycles. The van der Waals surface area contributed by atoms with Crippen LogP contribution in [0.3, 0.4) is 0 Å². The zero-order valence-corrected chi connectivity index (χ0v) is 20.7. The standard InChI is InChI=1S/C20H32B2O12/c1-9(2)27-17(23)13-14(18(24)28-10(3)4)32-21(31-13)22-33-15(19(25)29-11(5)6)16(34-22)20(26)30-12(7)8/h9-16H,1-8H3/t13-,14-,15+,16+. The minimum Gasteiger partial charge on any atom is -0.461 e. The van der Waals surface area contributed by atoms with Crippen molar-refractivity contribution in [3.63, 3.8) is 0 Å². The van der Waals surface area contributed by atoms with E-state index in [1.54, 1.807) is 55.4 Å². The van der Waals surface area contributed by atoms with E-state index in [1.807, 2.05) is 0 Å². The van der Waals surface area contributed by atoms with E-state index in [2.05, 4.69) is 0 Å². The lowest BCUT2D eigenvalue weighted by Crippen LogP contribution is -2.41. The van der Waals surface area contributed by atoms with Crippen molar-refractivity contribution < 1.29 is 56.7 Å². The van der Waals surface area contributed by atoms with Gasteiger partial charge < -0.3 is 37.6 Å². The van der Waals surface area contributed by atoms with Gasteiger partial charge in [-0.3, -0.25) is 0 Å². The molecule has 2 aliphatic rings. The number of carbonyl (C=O) groups excluding carboxylic acids is 4. The third kappa shape index (κ3) is 7.42. The van der Waals surface area contributed by atoms with Crippen molar-refractivity contribution in [1.29, 1.82) is 0 Å². The number of hydrogen-bond donors (Lipinski definition) is 0. The molecule has 34 heavy (non-hydrogen) atoms. The molecule has 2 saturated heterocycles. The molecular formula is C20H32B2O12. The van der Waals surface area contributed by atoms with Crippen LogP contribution in [0.5, 0.6) is 0 Å². The van der Waals surface area contributed by atoms with Crippen LogP contribution in [-0.2, 0) is 56.7 Å². The number of rotatable bonds is 9. The van der Waals surface area contributed by atoms with Gasteiger partial charge in [0.1, 0.15) is 0 Å². The Hall–Kier alpha value is -2.15. The van der Waals surface area contributed by atoms with Crippen molar-refractivity contribution in [1.82, 2.24) is 0 Å². The first-order valence-corrected chi connectivity index (χ1v) is 11.2. The topological polar surface area (TPSA) is 142 Å². The van der Waals surface area contributed by atoms with Gasteiger partial charge in [-0.2, -0.15) is 0 Å². The molecule has 190 valence electrons. The predicted octanol–water partition coefficient (Wildman–Crippen LogP) is 0.416. The molecule has 0 saturated carbocycles. The van der Waals surface area contributed by atoms with E-state index < -0.39 is 86.7 Å². The maximum absolute atomic E-state index is 12.5. The van der Waals surface area contributed by atoms with E-state index in [9.17, 15) is 19.2 Å². The van der Waals surface area contributed by atoms with E-state index in [-0.39, 0.29) is 0 Å². The molecule has 0 bridgehead atoms. The molecule has 0 aromatic heterocycles. The molecule has 2 heterocycles. The lowest BCUT2D eigenvalue weighted by atomic mass is 9.49. The van der Waals surface area contributed by atoms with Crippen molar-refractivity contribution in [3.8, 4) is 0 Å². The van der Waals surface area contributed by atoms with Crippen LogP contribution < -0.4 is 0 Å². The molecule has 0 spiro atoms. The molecular weight excluding hydrogens is 454 g/mol. The van der Waals surface area contributed by atoms with E-state index in [0.29, 0.717) is 0 Å². The second-order valence-electron chi connectivity index (χ2n) is 8.91. The van der Waals surface area contributed by atoms with Crippen LogP contribution in [0.2, 0.25) is 0 Å². The van der Waals surface area contributed by atoms with Crippen molar-refractivity contribution >= 4 is 37.9 Å². The monoisotopic (exact) mass is 486 g/mol. The predicted molar refractivity (Wildman–Crippen MR) is 116 cm³/mol. The molecule has 0 unspecified atom stereocenters. The molecule has 0 aromatic carbocycles. The van der Waals surface area contributed by atoms with Gasteiger partial charge in [-0.05, 0) is 55.4 Å². The molecule has 0 aromatic rings. The van der Waals surface area contributed by atoms with Gasteiger partial charge >= 0.3 is 37.9 Å². The third-order valence-corrected chi connectivity index (χ3v) is 4.23. The largest absolute Gasteiger partial charge is 0.489 e. The van der Waals surface area contributed by atoms with Gasteiger partial charge in [0.2, 0.25) is 0 Å². The summed E-state index contributed by atoms with van der Waals surface area (Å²) in [5.74, 6) is -3.42. The van der Waals surface area contributed by atoms with E-state index in [1.165, 1.54) is 0 Å². The minimum atomic E-state index is -1.48. The summed E-state index contributed by atoms with van der Waals surface area (Å²) in [6.07, 6.45) is -7.85. The zero-order chi connectivity index (χ0) is 25.7. The average Bonchev–Trinajstić information content (AvgIpc) is 3.31. The summed E-state index contributed by atoms with van der Waals surface area (Å²) in [5, 5.41) is 0. The summed E-state index contributed by atoms with van der Waals surface area (Å²) in [4.78, 5) is 50.2. The number of ether oxygens (including phenoxy) is 4. The van der Waals surface area contributed by atoms with Gasteiger partial charge in [0.15, 0.2) is 24.4 Å². The summed E-state index contributed by atoms with van der Waals surface area (Å²) in [6, 6.07) is 0. The first kappa shape index (κ1) is 28.1. The number of hydrogen-bond acceptors (Lipinski definition) is 12. The maximum Gasteiger partial charge on any atom is 0.489 e. The molecule has 14 heteroatoms. The fourth-order valence-corrected chi connectivity index (χ4v) is 3.10. The Morgan fingerprint density at radius 1 is 0.471 bits per heavy atom. The highest BCUT2D eigenvalue weighted by molar-refractivity contribution is 7.11. The Bertz CT molecular complexity index is 634. The summed E-state index contributed by atoms with van der Waals surface area (Å²) in [7, 11) is -2.92. The third-order valence-electron chi connectivity index (χ3n) is 4.23. The summed E-state index contributed by atoms with van der Waals surface area (Å²) >= 11 is 0. The smallest absolute Gasteiger partial charge is 0.461 e. The second kappa shape index (κ2) is 12.0. The van der Waals surface area contributed by atoms with Gasteiger partial charge in [0.25, 0.3) is 0 Å². The van der Waals surface area contributed by atoms with Crippen molar-refractivity contribution in [2.45, 2.75) is 104 Å². The van der Waals surface area contributed by atoms with E-state index in [4.69, 9.17) is 37.6 Å². The summed E-state index contributed by atoms with van der Waals surface area (Å²) in [6.45, 7) is 13.0. The first-order valence-electron chi connectivity index (χ1n) is 11.2. The Labute approximate surface area is 199 Å². The van der Waals surface area contributed by atoms with Gasteiger partial charge in [0, 0.05) is 0 Å². The van der Waals surface area contributed by atoms with Crippen molar-refractivity contribution in [2.24, 2.45) is 0 Å². The van der Waals surface area contributed by atoms with Crippen molar-refractivity contribution in [2.75, 3.05) is 0 Å². The van der Waals surface area contributed by atoms with Crippen LogP contribution in [-0.4, -0.2) is 86.7 Å². The number of carbonyl (C=O) groups is 4. The summed E-state index contributed by atoms with van der Waals surface area (Å²) in [5.41, 5.74) is 0. The van der Waals surface area contributed by atoms with Crippen molar-refractivity contribution in [3.05, 3.63) is 0 Å². The Kier molecular flexibility index (Phi) is 9.92. The lowest BCUT2D eigenvalue weighted by Gasteiger charge is -2.18. The minimum absolute atomic E-state index is 0.485. The second-order valence-corrected chi connectivity index (χ2v) is 8.91. The lowest BCUT2D eigenvalue weighted by molar-refractivity contribution is -0.167. The fraction of sp³-hybridized carbons (Fsp3) is 0.800. The SMILES string of the molecule is CC(C)OC(=O)[C@H]1OB(B2O[C@@H](C(=O)OC(C)C)[C@H](C(=O)OC(C)C)O2)O[C@@H]1C(=O)OC(C)C. The van der Waals surface area contributed by atoms with E-state index >= 15 is 0 Å².